The molecule has 0 bridgehead atoms. The first-order valence-electron chi connectivity index (χ1n) is 5.49. The van der Waals surface area contributed by atoms with Crippen molar-refractivity contribution in [1.82, 2.24) is 0 Å². The topological polar surface area (TPSA) is 85.4 Å². The van der Waals surface area contributed by atoms with Crippen LogP contribution >= 0.6 is 0 Å². The molecule has 0 aromatic heterocycles. The molecule has 1 N–H and O–H groups in total. The Morgan fingerprint density at radius 3 is 2.53 bits per heavy atom. The SMILES string of the molecule is N#Cc1ccc(CC2=CC=C[NH+]([O-])C2=S(=O)=O)cc1. The highest BCUT2D eigenvalue weighted by molar-refractivity contribution is 7.72. The number of rotatable bonds is 2. The van der Waals surface area contributed by atoms with Gasteiger partial charge >= 0.3 is 0 Å². The fourth-order valence-electron chi connectivity index (χ4n) is 1.81. The molecule has 0 aliphatic carbocycles. The van der Waals surface area contributed by atoms with Gasteiger partial charge in [0.05, 0.1) is 11.6 Å². The van der Waals surface area contributed by atoms with Crippen molar-refractivity contribution < 1.29 is 13.5 Å². The third kappa shape index (κ3) is 2.98. The van der Waals surface area contributed by atoms with Crippen molar-refractivity contribution >= 4 is 15.3 Å². The summed E-state index contributed by atoms with van der Waals surface area (Å²) in [5, 5.41) is 19.7. The highest BCUT2D eigenvalue weighted by Gasteiger charge is 2.18. The lowest BCUT2D eigenvalue weighted by atomic mass is 10.0. The maximum atomic E-state index is 11.5. The summed E-state index contributed by atoms with van der Waals surface area (Å²) < 4.78 is 22.2. The van der Waals surface area contributed by atoms with Gasteiger partial charge in [0.2, 0.25) is 0 Å². The molecule has 0 amide bonds. The Hall–Kier alpha value is -2.20. The predicted molar refractivity (Wildman–Crippen MR) is 70.3 cm³/mol. The Kier molecular flexibility index (Phi) is 3.92. The molecular formula is C13H10N2O3S. The number of benzene rings is 1. The molecule has 1 aromatic rings. The van der Waals surface area contributed by atoms with Crippen LogP contribution in [0.15, 0.2) is 48.2 Å². The molecule has 0 radical (unpaired) electrons. The van der Waals surface area contributed by atoms with Gasteiger partial charge in [-0.1, -0.05) is 12.1 Å². The normalized spacial score (nSPS) is 17.8. The molecule has 0 saturated heterocycles. The second-order valence-corrected chi connectivity index (χ2v) is 4.84. The van der Waals surface area contributed by atoms with Gasteiger partial charge < -0.3 is 10.3 Å². The van der Waals surface area contributed by atoms with Gasteiger partial charge in [-0.3, -0.25) is 0 Å². The zero-order chi connectivity index (χ0) is 13.8. The van der Waals surface area contributed by atoms with E-state index >= 15 is 0 Å². The summed E-state index contributed by atoms with van der Waals surface area (Å²) in [5.41, 5.74) is 1.84. The van der Waals surface area contributed by atoms with Crippen LogP contribution in [0.5, 0.6) is 0 Å². The van der Waals surface area contributed by atoms with Crippen LogP contribution in [0.4, 0.5) is 0 Å². The van der Waals surface area contributed by atoms with Crippen LogP contribution in [-0.4, -0.2) is 13.4 Å². The lowest BCUT2D eigenvalue weighted by molar-refractivity contribution is -0.680. The smallest absolute Gasteiger partial charge is 0.277 e. The molecule has 0 fully saturated rings. The molecule has 1 aliphatic heterocycles. The Morgan fingerprint density at radius 2 is 1.95 bits per heavy atom. The third-order valence-corrected chi connectivity index (χ3v) is 3.50. The van der Waals surface area contributed by atoms with Gasteiger partial charge in [0.1, 0.15) is 6.20 Å². The Labute approximate surface area is 111 Å². The molecule has 2 rings (SSSR count). The quantitative estimate of drug-likeness (QED) is 0.605. The summed E-state index contributed by atoms with van der Waals surface area (Å²) in [6.45, 7) is 0. The molecule has 1 atom stereocenters. The van der Waals surface area contributed by atoms with Gasteiger partial charge in [-0.2, -0.15) is 13.7 Å². The van der Waals surface area contributed by atoms with Gasteiger partial charge in [-0.25, -0.2) is 0 Å². The number of hydrogen-bond acceptors (Lipinski definition) is 4. The summed E-state index contributed by atoms with van der Waals surface area (Å²) >= 11 is 0. The second-order valence-electron chi connectivity index (χ2n) is 3.96. The number of quaternary nitrogens is 1. The van der Waals surface area contributed by atoms with E-state index in [4.69, 9.17) is 5.26 Å². The minimum Gasteiger partial charge on any atom is -0.623 e. The van der Waals surface area contributed by atoms with E-state index in [0.29, 0.717) is 17.6 Å². The molecule has 0 spiro atoms. The van der Waals surface area contributed by atoms with E-state index < -0.39 is 15.4 Å². The minimum atomic E-state index is -2.55. The predicted octanol–water partition coefficient (Wildman–Crippen LogP) is -0.0538. The Morgan fingerprint density at radius 1 is 1.26 bits per heavy atom. The van der Waals surface area contributed by atoms with Crippen molar-refractivity contribution in [2.75, 3.05) is 0 Å². The molecule has 1 aromatic carbocycles. The maximum Gasteiger partial charge on any atom is 0.277 e. The van der Waals surface area contributed by atoms with Gasteiger partial charge in [-0.05, 0) is 29.8 Å². The second kappa shape index (κ2) is 5.63. The van der Waals surface area contributed by atoms with E-state index in [-0.39, 0.29) is 4.99 Å². The summed E-state index contributed by atoms with van der Waals surface area (Å²) in [7, 11) is -2.55. The van der Waals surface area contributed by atoms with Crippen molar-refractivity contribution in [3.8, 4) is 6.07 Å². The van der Waals surface area contributed by atoms with E-state index in [9.17, 15) is 13.6 Å². The molecule has 1 heterocycles. The first kappa shape index (κ1) is 13.2. The van der Waals surface area contributed by atoms with Crippen LogP contribution in [0.25, 0.3) is 0 Å². The van der Waals surface area contributed by atoms with Crippen LogP contribution in [0.1, 0.15) is 11.1 Å². The number of nitrogens with zero attached hydrogens (tertiary/aromatic N) is 1. The first-order valence-corrected chi connectivity index (χ1v) is 6.56. The fourth-order valence-corrected chi connectivity index (χ4v) is 2.39. The molecule has 19 heavy (non-hydrogen) atoms. The summed E-state index contributed by atoms with van der Waals surface area (Å²) in [5.74, 6) is 0. The standard InChI is InChI=1S/C13H10N2O3S/c14-9-11-5-3-10(4-6-11)8-12-2-1-7-15(16)13(12)19(17)18/h1-7,15H,8H2. The molecule has 0 saturated carbocycles. The zero-order valence-electron chi connectivity index (χ0n) is 9.83. The highest BCUT2D eigenvalue weighted by Crippen LogP contribution is 2.11. The molecule has 1 unspecified atom stereocenters. The van der Waals surface area contributed by atoms with E-state index in [0.717, 1.165) is 5.56 Å². The van der Waals surface area contributed by atoms with Gasteiger partial charge in [0.25, 0.3) is 15.3 Å². The summed E-state index contributed by atoms with van der Waals surface area (Å²) in [6.07, 6.45) is 4.72. The molecular weight excluding hydrogens is 264 g/mol. The molecule has 5 nitrogen and oxygen atoms in total. The van der Waals surface area contributed by atoms with E-state index in [2.05, 4.69) is 0 Å². The lowest BCUT2D eigenvalue weighted by Crippen LogP contribution is -3.06. The van der Waals surface area contributed by atoms with E-state index in [1.54, 1.807) is 30.3 Å². The first-order chi connectivity index (χ1) is 9.11. The van der Waals surface area contributed by atoms with Crippen LogP contribution in [0, 0.1) is 16.5 Å². The van der Waals surface area contributed by atoms with E-state index in [1.165, 1.54) is 12.3 Å². The Balaban J connectivity index is 2.32. The monoisotopic (exact) mass is 274 g/mol. The maximum absolute atomic E-state index is 11.5. The van der Waals surface area contributed by atoms with Crippen molar-refractivity contribution in [3.63, 3.8) is 0 Å². The number of nitriles is 1. The minimum absolute atomic E-state index is 0.188. The zero-order valence-corrected chi connectivity index (χ0v) is 10.6. The van der Waals surface area contributed by atoms with Crippen LogP contribution in [-0.2, 0) is 16.7 Å². The highest BCUT2D eigenvalue weighted by atomic mass is 32.2. The molecule has 6 heteroatoms. The van der Waals surface area contributed by atoms with Crippen molar-refractivity contribution in [2.24, 2.45) is 0 Å². The van der Waals surface area contributed by atoms with Crippen molar-refractivity contribution in [2.45, 2.75) is 6.42 Å². The number of allylic oxidation sites excluding steroid dienone is 2. The van der Waals surface area contributed by atoms with Gasteiger partial charge in [0, 0.05) is 12.0 Å². The number of hydrogen-bond donors (Lipinski definition) is 1. The Bertz CT molecular complexity index is 714. The van der Waals surface area contributed by atoms with Crippen LogP contribution < -0.4 is 5.06 Å². The molecule has 96 valence electrons. The van der Waals surface area contributed by atoms with Crippen molar-refractivity contribution in [3.05, 3.63) is 64.5 Å². The molecule has 1 aliphatic rings. The van der Waals surface area contributed by atoms with Crippen molar-refractivity contribution in [1.29, 1.82) is 5.26 Å². The van der Waals surface area contributed by atoms with Crippen LogP contribution in [0.2, 0.25) is 0 Å². The lowest BCUT2D eigenvalue weighted by Gasteiger charge is -2.21. The fraction of sp³-hybridized carbons (Fsp3) is 0.0769. The largest absolute Gasteiger partial charge is 0.623 e. The average molecular weight is 274 g/mol. The van der Waals surface area contributed by atoms with Gasteiger partial charge in [0.15, 0.2) is 0 Å². The third-order valence-electron chi connectivity index (χ3n) is 2.70. The number of nitrogens with one attached hydrogen (secondary N) is 1. The van der Waals surface area contributed by atoms with Gasteiger partial charge in [-0.15, -0.1) is 0 Å². The number of hydroxylamine groups is 2. The van der Waals surface area contributed by atoms with Crippen LogP contribution in [0.3, 0.4) is 0 Å². The summed E-state index contributed by atoms with van der Waals surface area (Å²) in [4.78, 5) is -0.188. The summed E-state index contributed by atoms with van der Waals surface area (Å²) in [6, 6.07) is 8.81. The van der Waals surface area contributed by atoms with E-state index in [1.807, 2.05) is 6.07 Å². The average Bonchev–Trinajstić information content (AvgIpc) is 2.39.